The minimum atomic E-state index is -0.372. The van der Waals surface area contributed by atoms with Crippen molar-refractivity contribution >= 4 is 33.2 Å². The Hall–Kier alpha value is -5.90. The molecule has 0 fully saturated rings. The zero-order chi connectivity index (χ0) is 45.2. The molecule has 6 aromatic carbocycles. The first-order chi connectivity index (χ1) is 30.3. The number of aromatic nitrogens is 2. The monoisotopic (exact) mass is 1030 g/mol. The Labute approximate surface area is 401 Å². The number of allylic oxidation sites excluding steroid dienone is 1. The van der Waals surface area contributed by atoms with E-state index in [0.29, 0.717) is 11.5 Å². The molecule has 0 N–H and O–H groups in total. The number of fused-ring (bicyclic) bond motifs is 3. The van der Waals surface area contributed by atoms with Gasteiger partial charge in [0.15, 0.2) is 0 Å². The molecule has 0 atom stereocenters. The fraction of sp³-hybridized carbons (Fsp3) is 0.254. The number of nitrogens with zero attached hydrogens (tertiary/aromatic N) is 4. The Morgan fingerprint density at radius 2 is 1.18 bits per heavy atom. The third-order valence-corrected chi connectivity index (χ3v) is 12.7. The SMILES string of the molecule is CC(C)(C)c1cccc(N2C=C(C(C)(C)c3ccccc3)N(c3[c-]c(Oc4[c-]c5c(cc4)c4cc(C(C)(C)C)ccc4n5-c4cc(C(C)(C)C)ccn4)cc(-c4ccccc4)c3)[CH-]2)c1.[Pt]. The van der Waals surface area contributed by atoms with Crippen molar-refractivity contribution < 1.29 is 25.8 Å². The predicted octanol–water partition coefficient (Wildman–Crippen LogP) is 15.4. The average Bonchev–Trinajstić information content (AvgIpc) is 3.87. The Balaban J connectivity index is 0.00000576. The number of ether oxygens (including phenoxy) is 1. The summed E-state index contributed by atoms with van der Waals surface area (Å²) >= 11 is 0. The standard InChI is InChI=1S/C59H59N4O.Pt/c1-56(2,3)43-23-18-24-46(33-43)61-38-54(59(10,11)42-21-16-13-17-22-42)62(39-61)47-31-41(40-19-14-12-15-20-40)32-49(36-47)64-48-26-27-50-51-34-44(57(4,5)6)25-28-52(51)63(53(50)37-48)55-35-45(29-30-60-55)58(7,8)9;/h12-35,38-39H,1-11H3;/q-3;. The molecule has 5 nitrogen and oxygen atoms in total. The van der Waals surface area contributed by atoms with Crippen molar-refractivity contribution in [3.8, 4) is 28.4 Å². The third-order valence-electron chi connectivity index (χ3n) is 12.7. The second-order valence-corrected chi connectivity index (χ2v) is 20.8. The van der Waals surface area contributed by atoms with E-state index >= 15 is 0 Å². The van der Waals surface area contributed by atoms with Gasteiger partial charge in [-0.05, 0) is 86.0 Å². The van der Waals surface area contributed by atoms with Crippen LogP contribution in [-0.4, -0.2) is 9.55 Å². The first kappa shape index (κ1) is 45.7. The molecule has 8 aromatic rings. The van der Waals surface area contributed by atoms with E-state index in [0.717, 1.165) is 55.8 Å². The van der Waals surface area contributed by atoms with Crippen LogP contribution in [-0.2, 0) is 42.7 Å². The summed E-state index contributed by atoms with van der Waals surface area (Å²) in [5.41, 5.74) is 11.8. The van der Waals surface area contributed by atoms with Gasteiger partial charge in [0.2, 0.25) is 0 Å². The van der Waals surface area contributed by atoms with E-state index in [9.17, 15) is 0 Å². The number of benzene rings is 6. The second-order valence-electron chi connectivity index (χ2n) is 20.8. The van der Waals surface area contributed by atoms with Gasteiger partial charge in [-0.25, -0.2) is 4.98 Å². The Morgan fingerprint density at radius 1 is 0.538 bits per heavy atom. The topological polar surface area (TPSA) is 33.5 Å². The summed E-state index contributed by atoms with van der Waals surface area (Å²) in [5.74, 6) is 2.04. The van der Waals surface area contributed by atoms with Gasteiger partial charge in [-0.15, -0.1) is 53.6 Å². The molecule has 0 amide bonds. The molecule has 6 heteroatoms. The Kier molecular flexibility index (Phi) is 12.0. The molecule has 2 aromatic heterocycles. The summed E-state index contributed by atoms with van der Waals surface area (Å²) in [7, 11) is 0. The molecule has 0 saturated heterocycles. The summed E-state index contributed by atoms with van der Waals surface area (Å²) in [5, 5.41) is 2.26. The minimum Gasteiger partial charge on any atom is -0.509 e. The Morgan fingerprint density at radius 3 is 1.88 bits per heavy atom. The zero-order valence-electron chi connectivity index (χ0n) is 39.5. The molecular weight excluding hydrogens is 976 g/mol. The van der Waals surface area contributed by atoms with Crippen LogP contribution in [0.3, 0.4) is 0 Å². The largest absolute Gasteiger partial charge is 0.509 e. The van der Waals surface area contributed by atoms with Crippen LogP contribution in [0.25, 0.3) is 38.8 Å². The van der Waals surface area contributed by atoms with Gasteiger partial charge < -0.3 is 19.1 Å². The van der Waals surface area contributed by atoms with Gasteiger partial charge in [0.1, 0.15) is 5.82 Å². The van der Waals surface area contributed by atoms with Crippen LogP contribution in [0.15, 0.2) is 158 Å². The number of hydrogen-bond donors (Lipinski definition) is 0. The van der Waals surface area contributed by atoms with Crippen molar-refractivity contribution in [1.29, 1.82) is 0 Å². The molecule has 0 radical (unpaired) electrons. The van der Waals surface area contributed by atoms with E-state index in [4.69, 9.17) is 9.72 Å². The van der Waals surface area contributed by atoms with Crippen molar-refractivity contribution in [3.05, 3.63) is 199 Å². The van der Waals surface area contributed by atoms with Gasteiger partial charge in [0, 0.05) is 61.1 Å². The zero-order valence-corrected chi connectivity index (χ0v) is 41.8. The van der Waals surface area contributed by atoms with Crippen molar-refractivity contribution in [2.45, 2.75) is 97.8 Å². The maximum atomic E-state index is 6.94. The summed E-state index contributed by atoms with van der Waals surface area (Å²) in [6, 6.07) is 57.2. The first-order valence-electron chi connectivity index (χ1n) is 22.4. The summed E-state index contributed by atoms with van der Waals surface area (Å²) in [4.78, 5) is 9.47. The smallest absolute Gasteiger partial charge is 0.135 e. The maximum absolute atomic E-state index is 6.94. The van der Waals surface area contributed by atoms with Gasteiger partial charge in [0.05, 0.1) is 0 Å². The fourth-order valence-corrected chi connectivity index (χ4v) is 8.67. The summed E-state index contributed by atoms with van der Waals surface area (Å²) in [6.07, 6.45) is 4.19. The first-order valence-corrected chi connectivity index (χ1v) is 22.4. The van der Waals surface area contributed by atoms with Gasteiger partial charge in [-0.1, -0.05) is 167 Å². The van der Waals surface area contributed by atoms with E-state index < -0.39 is 0 Å². The quantitative estimate of drug-likeness (QED) is 0.142. The van der Waals surface area contributed by atoms with Gasteiger partial charge in [0.25, 0.3) is 0 Å². The van der Waals surface area contributed by atoms with E-state index in [1.807, 2.05) is 12.3 Å². The molecule has 0 aliphatic carbocycles. The van der Waals surface area contributed by atoms with Crippen LogP contribution in [0.4, 0.5) is 11.4 Å². The van der Waals surface area contributed by atoms with Crippen LogP contribution in [0, 0.1) is 18.8 Å². The molecule has 9 rings (SSSR count). The van der Waals surface area contributed by atoms with Crippen LogP contribution < -0.4 is 14.5 Å². The van der Waals surface area contributed by atoms with Crippen LogP contribution in [0.2, 0.25) is 0 Å². The summed E-state index contributed by atoms with van der Waals surface area (Å²) < 4.78 is 9.18. The third kappa shape index (κ3) is 9.05. The second kappa shape index (κ2) is 17.1. The molecule has 0 saturated carbocycles. The van der Waals surface area contributed by atoms with E-state index in [-0.39, 0.29) is 42.7 Å². The maximum Gasteiger partial charge on any atom is 0.135 e. The van der Waals surface area contributed by atoms with Crippen molar-refractivity contribution in [1.82, 2.24) is 9.55 Å². The van der Waals surface area contributed by atoms with Crippen LogP contribution >= 0.6 is 0 Å². The van der Waals surface area contributed by atoms with E-state index in [1.165, 1.54) is 22.3 Å². The molecule has 334 valence electrons. The number of rotatable bonds is 8. The molecule has 1 aliphatic heterocycles. The van der Waals surface area contributed by atoms with Crippen LogP contribution in [0.5, 0.6) is 11.5 Å². The van der Waals surface area contributed by atoms with Gasteiger partial charge in [-0.3, -0.25) is 0 Å². The molecule has 0 unspecified atom stereocenters. The molecule has 65 heavy (non-hydrogen) atoms. The molecule has 0 spiro atoms. The van der Waals surface area contributed by atoms with Gasteiger partial charge >= 0.3 is 0 Å². The molecule has 0 bridgehead atoms. The normalized spacial score (nSPS) is 13.6. The average molecular weight is 1040 g/mol. The predicted molar refractivity (Wildman–Crippen MR) is 268 cm³/mol. The number of pyridine rings is 1. The van der Waals surface area contributed by atoms with E-state index in [1.54, 1.807) is 0 Å². The van der Waals surface area contributed by atoms with Crippen molar-refractivity contribution in [2.75, 3.05) is 9.80 Å². The van der Waals surface area contributed by atoms with Crippen molar-refractivity contribution in [3.63, 3.8) is 0 Å². The molecule has 1 aliphatic rings. The fourth-order valence-electron chi connectivity index (χ4n) is 8.67. The summed E-state index contributed by atoms with van der Waals surface area (Å²) in [6.45, 7) is 27.1. The number of hydrogen-bond acceptors (Lipinski definition) is 4. The van der Waals surface area contributed by atoms with Crippen molar-refractivity contribution in [2.24, 2.45) is 0 Å². The van der Waals surface area contributed by atoms with Crippen LogP contribution in [0.1, 0.15) is 98.4 Å². The van der Waals surface area contributed by atoms with E-state index in [2.05, 4.69) is 249 Å². The Bertz CT molecular complexity index is 3030. The number of anilines is 2. The minimum absolute atomic E-state index is 0. The molecule has 3 heterocycles. The molecular formula is C59H59N4OPt-3. The van der Waals surface area contributed by atoms with Gasteiger partial charge in [-0.2, -0.15) is 6.07 Å².